The highest BCUT2D eigenvalue weighted by Crippen LogP contribution is 2.25. The minimum Gasteiger partial charge on any atom is -0.480 e. The molecule has 0 atom stereocenters. The van der Waals surface area contributed by atoms with Crippen LogP contribution in [0.5, 0.6) is 0 Å². The van der Waals surface area contributed by atoms with Crippen molar-refractivity contribution in [3.63, 3.8) is 0 Å². The minimum absolute atomic E-state index is 0.0349. The standard InChI is InChI=1S/C16H30N4O3/c1-3-18-6-5-7-20(9-8-18)16(23)17-13-10-14(11-13)19(4-2)12-15(21)22/h13-14H,3-12H2,1-2H3,(H,17,23)(H,21,22). The van der Waals surface area contributed by atoms with Crippen LogP contribution in [-0.2, 0) is 4.79 Å². The van der Waals surface area contributed by atoms with Gasteiger partial charge in [-0.2, -0.15) is 0 Å². The van der Waals surface area contributed by atoms with Crippen molar-refractivity contribution in [2.24, 2.45) is 0 Å². The zero-order valence-electron chi connectivity index (χ0n) is 14.3. The van der Waals surface area contributed by atoms with E-state index in [1.54, 1.807) is 0 Å². The molecular weight excluding hydrogens is 296 g/mol. The van der Waals surface area contributed by atoms with Gasteiger partial charge in [-0.15, -0.1) is 0 Å². The van der Waals surface area contributed by atoms with Gasteiger partial charge in [-0.05, 0) is 38.9 Å². The average Bonchev–Trinajstić information content (AvgIpc) is 2.73. The number of carbonyl (C=O) groups excluding carboxylic acids is 1. The van der Waals surface area contributed by atoms with Gasteiger partial charge in [-0.1, -0.05) is 13.8 Å². The molecule has 7 heteroatoms. The van der Waals surface area contributed by atoms with E-state index in [0.717, 1.165) is 58.5 Å². The predicted molar refractivity (Wildman–Crippen MR) is 88.5 cm³/mol. The fourth-order valence-corrected chi connectivity index (χ4v) is 3.43. The molecule has 23 heavy (non-hydrogen) atoms. The normalized spacial score (nSPS) is 25.8. The fraction of sp³-hybridized carbons (Fsp3) is 0.875. The molecule has 7 nitrogen and oxygen atoms in total. The first kappa shape index (κ1) is 18.0. The summed E-state index contributed by atoms with van der Waals surface area (Å²) >= 11 is 0. The lowest BCUT2D eigenvalue weighted by molar-refractivity contribution is -0.139. The number of hydrogen-bond donors (Lipinski definition) is 2. The van der Waals surface area contributed by atoms with Crippen molar-refractivity contribution in [2.75, 3.05) is 45.8 Å². The van der Waals surface area contributed by atoms with Crippen LogP contribution < -0.4 is 5.32 Å². The summed E-state index contributed by atoms with van der Waals surface area (Å²) in [5.74, 6) is -0.788. The van der Waals surface area contributed by atoms with Crippen LogP contribution in [0.3, 0.4) is 0 Å². The van der Waals surface area contributed by atoms with Gasteiger partial charge in [-0.25, -0.2) is 4.79 Å². The van der Waals surface area contributed by atoms with Gasteiger partial charge in [0.05, 0.1) is 6.54 Å². The van der Waals surface area contributed by atoms with Crippen molar-refractivity contribution < 1.29 is 14.7 Å². The Morgan fingerprint density at radius 1 is 1.17 bits per heavy atom. The maximum absolute atomic E-state index is 12.4. The van der Waals surface area contributed by atoms with E-state index in [-0.39, 0.29) is 24.7 Å². The van der Waals surface area contributed by atoms with E-state index in [4.69, 9.17) is 5.11 Å². The van der Waals surface area contributed by atoms with Crippen molar-refractivity contribution >= 4 is 12.0 Å². The molecular formula is C16H30N4O3. The van der Waals surface area contributed by atoms with E-state index in [1.807, 2.05) is 16.7 Å². The zero-order valence-corrected chi connectivity index (χ0v) is 14.3. The second kappa shape index (κ2) is 8.49. The third kappa shape index (κ3) is 5.07. The number of nitrogens with zero attached hydrogens (tertiary/aromatic N) is 3. The van der Waals surface area contributed by atoms with Gasteiger partial charge < -0.3 is 20.2 Å². The molecule has 2 rings (SSSR count). The van der Waals surface area contributed by atoms with Crippen LogP contribution in [0.15, 0.2) is 0 Å². The average molecular weight is 326 g/mol. The molecule has 0 aromatic rings. The Balaban J connectivity index is 1.72. The summed E-state index contributed by atoms with van der Waals surface area (Å²) < 4.78 is 0. The SMILES string of the molecule is CCN1CCCN(C(=O)NC2CC(N(CC)CC(=O)O)C2)CC1. The molecule has 2 amide bonds. The van der Waals surface area contributed by atoms with Gasteiger partial charge >= 0.3 is 12.0 Å². The number of carboxylic acids is 1. The van der Waals surface area contributed by atoms with E-state index in [2.05, 4.69) is 17.1 Å². The first-order valence-corrected chi connectivity index (χ1v) is 8.77. The van der Waals surface area contributed by atoms with Gasteiger partial charge in [0.25, 0.3) is 0 Å². The summed E-state index contributed by atoms with van der Waals surface area (Å²) in [6.45, 7) is 9.60. The smallest absolute Gasteiger partial charge is 0.317 e. The summed E-state index contributed by atoms with van der Waals surface area (Å²) in [5.41, 5.74) is 0. The number of hydrogen-bond acceptors (Lipinski definition) is 4. The van der Waals surface area contributed by atoms with Crippen molar-refractivity contribution in [1.29, 1.82) is 0 Å². The van der Waals surface area contributed by atoms with Crippen LogP contribution in [-0.4, -0.2) is 89.7 Å². The van der Waals surface area contributed by atoms with Crippen molar-refractivity contribution in [2.45, 2.75) is 45.2 Å². The summed E-state index contributed by atoms with van der Waals surface area (Å²) in [4.78, 5) is 29.5. The number of amides is 2. The highest BCUT2D eigenvalue weighted by atomic mass is 16.4. The zero-order chi connectivity index (χ0) is 16.8. The monoisotopic (exact) mass is 326 g/mol. The van der Waals surface area contributed by atoms with Gasteiger partial charge in [0.1, 0.15) is 0 Å². The van der Waals surface area contributed by atoms with E-state index < -0.39 is 5.97 Å². The lowest BCUT2D eigenvalue weighted by Crippen LogP contribution is -2.57. The number of carboxylic acid groups (broad SMARTS) is 1. The molecule has 0 radical (unpaired) electrons. The first-order valence-electron chi connectivity index (χ1n) is 8.77. The summed E-state index contributed by atoms with van der Waals surface area (Å²) in [7, 11) is 0. The van der Waals surface area contributed by atoms with E-state index in [1.165, 1.54) is 0 Å². The Kier molecular flexibility index (Phi) is 6.65. The topological polar surface area (TPSA) is 76.1 Å². The number of rotatable bonds is 6. The third-order valence-corrected chi connectivity index (χ3v) is 5.02. The first-order chi connectivity index (χ1) is 11.0. The van der Waals surface area contributed by atoms with Crippen LogP contribution >= 0.6 is 0 Å². The number of urea groups is 1. The Bertz CT molecular complexity index is 412. The van der Waals surface area contributed by atoms with E-state index >= 15 is 0 Å². The highest BCUT2D eigenvalue weighted by Gasteiger charge is 2.35. The minimum atomic E-state index is -0.788. The third-order valence-electron chi connectivity index (χ3n) is 5.02. The van der Waals surface area contributed by atoms with Gasteiger partial charge in [0.15, 0.2) is 0 Å². The number of carbonyl (C=O) groups is 2. The second-order valence-corrected chi connectivity index (χ2v) is 6.50. The summed E-state index contributed by atoms with van der Waals surface area (Å²) in [6.07, 6.45) is 2.72. The molecule has 0 bridgehead atoms. The van der Waals surface area contributed by atoms with Crippen LogP contribution in [0.4, 0.5) is 4.79 Å². The Hall–Kier alpha value is -1.34. The van der Waals surface area contributed by atoms with Crippen molar-refractivity contribution in [3.05, 3.63) is 0 Å². The van der Waals surface area contributed by atoms with Gasteiger partial charge in [0, 0.05) is 31.7 Å². The van der Waals surface area contributed by atoms with Crippen LogP contribution in [0.25, 0.3) is 0 Å². The molecule has 1 aliphatic heterocycles. The maximum atomic E-state index is 12.4. The highest BCUT2D eigenvalue weighted by molar-refractivity contribution is 5.74. The van der Waals surface area contributed by atoms with E-state index in [9.17, 15) is 9.59 Å². The fourth-order valence-electron chi connectivity index (χ4n) is 3.43. The lowest BCUT2D eigenvalue weighted by Gasteiger charge is -2.42. The molecule has 2 aliphatic rings. The van der Waals surface area contributed by atoms with Crippen LogP contribution in [0.2, 0.25) is 0 Å². The molecule has 2 fully saturated rings. The number of likely N-dealkylation sites (N-methyl/N-ethyl adjacent to an activating group) is 2. The Morgan fingerprint density at radius 3 is 2.52 bits per heavy atom. The van der Waals surface area contributed by atoms with Crippen LogP contribution in [0, 0.1) is 0 Å². The van der Waals surface area contributed by atoms with Gasteiger partial charge in [-0.3, -0.25) is 9.69 Å². The maximum Gasteiger partial charge on any atom is 0.317 e. The lowest BCUT2D eigenvalue weighted by atomic mass is 9.85. The largest absolute Gasteiger partial charge is 0.480 e. The molecule has 0 aromatic carbocycles. The quantitative estimate of drug-likeness (QED) is 0.750. The van der Waals surface area contributed by atoms with Crippen molar-refractivity contribution in [1.82, 2.24) is 20.0 Å². The molecule has 0 spiro atoms. The molecule has 132 valence electrons. The molecule has 1 heterocycles. The second-order valence-electron chi connectivity index (χ2n) is 6.50. The molecule has 0 aromatic heterocycles. The molecule has 1 saturated heterocycles. The van der Waals surface area contributed by atoms with Crippen LogP contribution in [0.1, 0.15) is 33.1 Å². The molecule has 2 N–H and O–H groups in total. The number of aliphatic carboxylic acids is 1. The molecule has 1 saturated carbocycles. The van der Waals surface area contributed by atoms with Gasteiger partial charge in [0.2, 0.25) is 0 Å². The number of nitrogens with one attached hydrogen (secondary N) is 1. The Morgan fingerprint density at radius 2 is 1.91 bits per heavy atom. The molecule has 0 unspecified atom stereocenters. The Labute approximate surface area is 138 Å². The summed E-state index contributed by atoms with van der Waals surface area (Å²) in [5, 5.41) is 12.0. The molecule has 1 aliphatic carbocycles. The predicted octanol–water partition coefficient (Wildman–Crippen LogP) is 0.661. The summed E-state index contributed by atoms with van der Waals surface area (Å²) in [6, 6.07) is 0.495. The van der Waals surface area contributed by atoms with Crippen molar-refractivity contribution in [3.8, 4) is 0 Å². The van der Waals surface area contributed by atoms with E-state index in [0.29, 0.717) is 0 Å².